The fourth-order valence-corrected chi connectivity index (χ4v) is 1.02. The van der Waals surface area contributed by atoms with Crippen molar-refractivity contribution in [2.45, 2.75) is 6.42 Å². The molecule has 0 aliphatic rings. The maximum absolute atomic E-state index is 10.6. The molecule has 3 nitrogen and oxygen atoms in total. The van der Waals surface area contributed by atoms with Crippen molar-refractivity contribution in [3.05, 3.63) is 0 Å². The van der Waals surface area contributed by atoms with Crippen molar-refractivity contribution in [3.8, 4) is 0 Å². The second kappa shape index (κ2) is 5.89. The van der Waals surface area contributed by atoms with Gasteiger partial charge in [-0.15, -0.1) is 0 Å². The van der Waals surface area contributed by atoms with Gasteiger partial charge >= 0.3 is 0 Å². The van der Waals surface area contributed by atoms with Crippen LogP contribution in [0.15, 0.2) is 0 Å². The summed E-state index contributed by atoms with van der Waals surface area (Å²) in [6.07, 6.45) is 1.17. The lowest BCUT2D eigenvalue weighted by Crippen LogP contribution is -1.96. The molecule has 0 aliphatic heterocycles. The molecular weight excluding hydrogens is 139 g/mol. The van der Waals surface area contributed by atoms with Gasteiger partial charge in [0.05, 0.1) is 20.0 Å². The van der Waals surface area contributed by atoms with Crippen LogP contribution in [0.25, 0.3) is 0 Å². The molecule has 0 aliphatic carbocycles. The van der Waals surface area contributed by atoms with Crippen LogP contribution < -0.4 is 4.89 Å². The lowest BCUT2D eigenvalue weighted by molar-refractivity contribution is -0.156. The lowest BCUT2D eigenvalue weighted by Gasteiger charge is -1.92. The normalized spacial score (nSPS) is 11.6. The molecule has 0 heterocycles. The minimum atomic E-state index is -1.42. The molecule has 0 bridgehead atoms. The maximum Gasteiger partial charge on any atom is 0.200 e. The van der Waals surface area contributed by atoms with Crippen molar-refractivity contribution >= 4 is 19.9 Å². The van der Waals surface area contributed by atoms with Gasteiger partial charge in [-0.2, -0.15) is 0 Å². The molecule has 0 rings (SSSR count). The Bertz CT molecular complexity index is 111. The van der Waals surface area contributed by atoms with Crippen LogP contribution in [0.1, 0.15) is 6.42 Å². The van der Waals surface area contributed by atoms with Crippen molar-refractivity contribution in [3.63, 3.8) is 0 Å². The van der Waals surface area contributed by atoms with Crippen LogP contribution in [0.2, 0.25) is 0 Å². The highest BCUT2D eigenvalue weighted by atomic mass is 31.1. The highest BCUT2D eigenvalue weighted by molar-refractivity contribution is 7.49. The zero-order valence-corrected chi connectivity index (χ0v) is 6.14. The molecule has 0 saturated heterocycles. The van der Waals surface area contributed by atoms with E-state index in [-0.39, 0.29) is 12.8 Å². The van der Waals surface area contributed by atoms with Crippen molar-refractivity contribution in [1.29, 1.82) is 0 Å². The molecule has 4 heteroatoms. The number of ether oxygens (including phenoxy) is 1. The van der Waals surface area contributed by atoms with Gasteiger partial charge in [0, 0.05) is 7.11 Å². The number of rotatable bonds is 4. The number of methoxy groups -OCH3 is 1. The third kappa shape index (κ3) is 5.63. The summed E-state index contributed by atoms with van der Waals surface area (Å²) in [6, 6.07) is 0. The number of hydrogen-bond acceptors (Lipinski definition) is 3. The Kier molecular flexibility index (Phi) is 5.73. The summed E-state index contributed by atoms with van der Waals surface area (Å²) in [5, 5.41) is 0. The predicted octanol–water partition coefficient (Wildman–Crippen LogP) is -0.261. The smallest absolute Gasteiger partial charge is 0.200 e. The van der Waals surface area contributed by atoms with Crippen LogP contribution in [0, 0.1) is 0 Å². The highest BCUT2D eigenvalue weighted by Crippen LogP contribution is 2.07. The van der Waals surface area contributed by atoms with E-state index in [1.54, 1.807) is 0 Å². The average Bonchev–Trinajstić information content (AvgIpc) is 1.85. The average molecular weight is 148 g/mol. The second-order valence-electron chi connectivity index (χ2n) is 1.42. The molecule has 9 heavy (non-hydrogen) atoms. The molecule has 0 aromatic heterocycles. The minimum absolute atomic E-state index is 0.211. The third-order valence-electron chi connectivity index (χ3n) is 0.662. The minimum Gasteiger partial charge on any atom is -0.629 e. The Hall–Kier alpha value is -0.240. The number of carbonyl (C=O) groups is 1. The van der Waals surface area contributed by atoms with E-state index in [4.69, 9.17) is 0 Å². The first-order valence-electron chi connectivity index (χ1n) is 2.51. The standard InChI is InChI=1S/C5H9O3P/c1-8-5-9(7)4-2-3-6/h3-4H,2,5H2,1H3. The summed E-state index contributed by atoms with van der Waals surface area (Å²) in [6.45, 7) is 0. The molecule has 0 amide bonds. The van der Waals surface area contributed by atoms with E-state index in [1.165, 1.54) is 12.9 Å². The molecule has 0 fully saturated rings. The van der Waals surface area contributed by atoms with Gasteiger partial charge in [0.2, 0.25) is 6.35 Å². The molecule has 0 spiro atoms. The first-order chi connectivity index (χ1) is 4.31. The van der Waals surface area contributed by atoms with Crippen molar-refractivity contribution in [1.82, 2.24) is 0 Å². The fourth-order valence-electron chi connectivity index (χ4n) is 0.341. The van der Waals surface area contributed by atoms with E-state index in [2.05, 4.69) is 4.74 Å². The Balaban J connectivity index is 3.42. The van der Waals surface area contributed by atoms with E-state index in [1.807, 2.05) is 0 Å². The van der Waals surface area contributed by atoms with Crippen molar-refractivity contribution in [2.75, 3.05) is 13.5 Å². The van der Waals surface area contributed by atoms with E-state index >= 15 is 0 Å². The third-order valence-corrected chi connectivity index (χ3v) is 1.79. The van der Waals surface area contributed by atoms with Crippen LogP contribution in [0.5, 0.6) is 0 Å². The molecule has 0 aromatic rings. The Morgan fingerprint density at radius 2 is 2.44 bits per heavy atom. The van der Waals surface area contributed by atoms with Crippen LogP contribution in [-0.4, -0.2) is 25.5 Å². The van der Waals surface area contributed by atoms with E-state index in [0.29, 0.717) is 6.29 Å². The SMILES string of the molecule is COC[P+]([O-])=CCC=O. The Morgan fingerprint density at radius 1 is 1.78 bits per heavy atom. The molecular formula is C5H9O3P. The summed E-state index contributed by atoms with van der Waals surface area (Å²) in [7, 11) is 0.0592. The topological polar surface area (TPSA) is 49.4 Å². The zero-order valence-electron chi connectivity index (χ0n) is 5.24. The highest BCUT2D eigenvalue weighted by Gasteiger charge is 1.90. The molecule has 0 aromatic carbocycles. The predicted molar refractivity (Wildman–Crippen MR) is 35.5 cm³/mol. The molecule has 0 saturated carbocycles. The van der Waals surface area contributed by atoms with Gasteiger partial charge in [-0.05, 0) is 0 Å². The first kappa shape index (κ1) is 8.76. The van der Waals surface area contributed by atoms with Gasteiger partial charge in [0.25, 0.3) is 0 Å². The lowest BCUT2D eigenvalue weighted by atomic mass is 10.6. The summed E-state index contributed by atoms with van der Waals surface area (Å²) in [4.78, 5) is 20.3. The summed E-state index contributed by atoms with van der Waals surface area (Å²) in [5.41, 5.74) is 0. The number of hydrogen-bond donors (Lipinski definition) is 0. The van der Waals surface area contributed by atoms with Gasteiger partial charge in [0.1, 0.15) is 6.29 Å². The first-order valence-corrected chi connectivity index (χ1v) is 4.02. The van der Waals surface area contributed by atoms with E-state index in [9.17, 15) is 9.69 Å². The van der Waals surface area contributed by atoms with Crippen LogP contribution in [-0.2, 0) is 9.53 Å². The Morgan fingerprint density at radius 3 is 2.89 bits per heavy atom. The quantitative estimate of drug-likeness (QED) is 0.407. The van der Waals surface area contributed by atoms with Crippen LogP contribution >= 0.6 is 7.77 Å². The molecule has 0 N–H and O–H groups in total. The van der Waals surface area contributed by atoms with Crippen molar-refractivity contribution < 1.29 is 14.4 Å². The van der Waals surface area contributed by atoms with Gasteiger partial charge in [-0.25, -0.2) is 0 Å². The Labute approximate surface area is 55.1 Å². The number of aldehydes is 1. The van der Waals surface area contributed by atoms with Gasteiger partial charge in [-0.1, -0.05) is 0 Å². The zero-order chi connectivity index (χ0) is 7.11. The molecule has 1 unspecified atom stereocenters. The summed E-state index contributed by atoms with van der Waals surface area (Å²) >= 11 is 0. The van der Waals surface area contributed by atoms with Gasteiger partial charge in [-0.3, -0.25) is 0 Å². The van der Waals surface area contributed by atoms with Crippen LogP contribution in [0.4, 0.5) is 0 Å². The van der Waals surface area contributed by atoms with Gasteiger partial charge < -0.3 is 14.4 Å². The summed E-state index contributed by atoms with van der Waals surface area (Å²) in [5.74, 6) is 1.45. The molecule has 52 valence electrons. The largest absolute Gasteiger partial charge is 0.629 e. The van der Waals surface area contributed by atoms with E-state index in [0.717, 1.165) is 0 Å². The fraction of sp³-hybridized carbons (Fsp3) is 0.600. The summed E-state index contributed by atoms with van der Waals surface area (Å²) < 4.78 is 4.57. The second-order valence-corrected chi connectivity index (χ2v) is 2.88. The molecule has 0 radical (unpaired) electrons. The van der Waals surface area contributed by atoms with Gasteiger partial charge in [0.15, 0.2) is 0 Å². The van der Waals surface area contributed by atoms with Crippen molar-refractivity contribution in [2.24, 2.45) is 0 Å². The number of carbonyl (C=O) groups excluding carboxylic acids is 1. The van der Waals surface area contributed by atoms with Crippen LogP contribution in [0.3, 0.4) is 0 Å². The molecule has 1 atom stereocenters. The monoisotopic (exact) mass is 148 g/mol. The van der Waals surface area contributed by atoms with E-state index < -0.39 is 7.77 Å². The maximum atomic E-state index is 10.6.